The maximum Gasteiger partial charge on any atom is 0.171 e. The van der Waals surface area contributed by atoms with Gasteiger partial charge in [-0.15, -0.1) is 0 Å². The zero-order valence-electron chi connectivity index (χ0n) is 7.49. The van der Waals surface area contributed by atoms with Gasteiger partial charge in [0.15, 0.2) is 5.82 Å². The molecule has 1 rings (SSSR count). The summed E-state index contributed by atoms with van der Waals surface area (Å²) in [5.74, 6) is 1.18. The van der Waals surface area contributed by atoms with Gasteiger partial charge in [-0.05, 0) is 12.3 Å². The topological polar surface area (TPSA) is 50.1 Å². The van der Waals surface area contributed by atoms with Gasteiger partial charge in [0.05, 0.1) is 0 Å². The molecule has 4 heteroatoms. The molecule has 0 fully saturated rings. The van der Waals surface area contributed by atoms with E-state index in [9.17, 15) is 0 Å². The second-order valence-corrected chi connectivity index (χ2v) is 3.26. The molecule has 0 atom stereocenters. The van der Waals surface area contributed by atoms with Gasteiger partial charge in [-0.2, -0.15) is 5.10 Å². The van der Waals surface area contributed by atoms with Gasteiger partial charge >= 0.3 is 0 Å². The first-order valence-corrected chi connectivity index (χ1v) is 4.16. The van der Waals surface area contributed by atoms with Crippen molar-refractivity contribution in [3.8, 4) is 0 Å². The Bertz CT molecular complexity index is 232. The SMILES string of the molecule is CC(C)CCn1ccc(NO)n1. The van der Waals surface area contributed by atoms with Crippen LogP contribution in [0.15, 0.2) is 12.3 Å². The van der Waals surface area contributed by atoms with Crippen molar-refractivity contribution in [3.63, 3.8) is 0 Å². The number of aromatic nitrogens is 2. The molecule has 0 radical (unpaired) electrons. The highest BCUT2D eigenvalue weighted by Gasteiger charge is 1.98. The summed E-state index contributed by atoms with van der Waals surface area (Å²) in [6.45, 7) is 5.25. The minimum Gasteiger partial charge on any atom is -0.290 e. The van der Waals surface area contributed by atoms with Crippen molar-refractivity contribution in [1.82, 2.24) is 9.78 Å². The van der Waals surface area contributed by atoms with Crippen LogP contribution in [0.1, 0.15) is 20.3 Å². The van der Waals surface area contributed by atoms with Crippen molar-refractivity contribution in [3.05, 3.63) is 12.3 Å². The summed E-state index contributed by atoms with van der Waals surface area (Å²) in [7, 11) is 0. The number of rotatable bonds is 4. The molecule has 68 valence electrons. The van der Waals surface area contributed by atoms with E-state index in [1.54, 1.807) is 6.07 Å². The summed E-state index contributed by atoms with van der Waals surface area (Å²) in [4.78, 5) is 0. The van der Waals surface area contributed by atoms with Gasteiger partial charge in [0.1, 0.15) is 0 Å². The Balaban J connectivity index is 2.41. The first-order valence-electron chi connectivity index (χ1n) is 4.16. The summed E-state index contributed by atoms with van der Waals surface area (Å²) in [5.41, 5.74) is 2.00. The molecule has 1 aromatic rings. The van der Waals surface area contributed by atoms with E-state index >= 15 is 0 Å². The van der Waals surface area contributed by atoms with Crippen LogP contribution < -0.4 is 5.48 Å². The van der Waals surface area contributed by atoms with Gasteiger partial charge in [-0.3, -0.25) is 15.4 Å². The van der Waals surface area contributed by atoms with Crippen molar-refractivity contribution in [1.29, 1.82) is 0 Å². The number of anilines is 1. The maximum atomic E-state index is 8.50. The summed E-state index contributed by atoms with van der Waals surface area (Å²) in [5, 5.41) is 12.6. The van der Waals surface area contributed by atoms with Crippen LogP contribution in [0.2, 0.25) is 0 Å². The zero-order valence-corrected chi connectivity index (χ0v) is 7.49. The van der Waals surface area contributed by atoms with Gasteiger partial charge in [0.25, 0.3) is 0 Å². The van der Waals surface area contributed by atoms with Crippen molar-refractivity contribution in [2.75, 3.05) is 5.48 Å². The molecule has 1 aromatic heterocycles. The fourth-order valence-electron chi connectivity index (χ4n) is 0.936. The lowest BCUT2D eigenvalue weighted by molar-refractivity contribution is 0.383. The van der Waals surface area contributed by atoms with Gasteiger partial charge in [-0.25, -0.2) is 0 Å². The number of hydrogen-bond donors (Lipinski definition) is 2. The van der Waals surface area contributed by atoms with Crippen LogP contribution in [0, 0.1) is 5.92 Å². The highest BCUT2D eigenvalue weighted by molar-refractivity contribution is 5.28. The van der Waals surface area contributed by atoms with E-state index in [2.05, 4.69) is 18.9 Å². The Kier molecular flexibility index (Phi) is 3.10. The van der Waals surface area contributed by atoms with Crippen LogP contribution >= 0.6 is 0 Å². The van der Waals surface area contributed by atoms with E-state index in [1.807, 2.05) is 16.4 Å². The van der Waals surface area contributed by atoms with Crippen molar-refractivity contribution >= 4 is 5.82 Å². The van der Waals surface area contributed by atoms with E-state index in [-0.39, 0.29) is 0 Å². The molecule has 0 aliphatic carbocycles. The molecule has 0 bridgehead atoms. The van der Waals surface area contributed by atoms with Crippen molar-refractivity contribution < 1.29 is 5.21 Å². The molecule has 2 N–H and O–H groups in total. The van der Waals surface area contributed by atoms with Gasteiger partial charge in [-0.1, -0.05) is 13.8 Å². The lowest BCUT2D eigenvalue weighted by Crippen LogP contribution is -2.02. The van der Waals surface area contributed by atoms with Crippen LogP contribution in [-0.4, -0.2) is 15.0 Å². The summed E-state index contributed by atoms with van der Waals surface area (Å²) < 4.78 is 1.82. The average Bonchev–Trinajstić information content (AvgIpc) is 2.48. The highest BCUT2D eigenvalue weighted by Crippen LogP contribution is 2.04. The molecule has 1 heterocycles. The van der Waals surface area contributed by atoms with E-state index in [0.717, 1.165) is 13.0 Å². The standard InChI is InChI=1S/C8H15N3O/c1-7(2)3-5-11-6-4-8(9-11)10-12/h4,6-7,12H,3,5H2,1-2H3,(H,9,10). The predicted octanol–water partition coefficient (Wildman–Crippen LogP) is 1.73. The Morgan fingerprint density at radius 3 is 2.92 bits per heavy atom. The molecule has 12 heavy (non-hydrogen) atoms. The Morgan fingerprint density at radius 1 is 1.67 bits per heavy atom. The molecule has 0 aromatic carbocycles. The molecule has 0 saturated carbocycles. The third-order valence-electron chi connectivity index (χ3n) is 1.69. The van der Waals surface area contributed by atoms with E-state index < -0.39 is 0 Å². The lowest BCUT2D eigenvalue weighted by Gasteiger charge is -2.03. The normalized spacial score (nSPS) is 10.7. The summed E-state index contributed by atoms with van der Waals surface area (Å²) in [6.07, 6.45) is 2.95. The van der Waals surface area contributed by atoms with Crippen LogP contribution in [0.3, 0.4) is 0 Å². The first kappa shape index (κ1) is 9.06. The number of nitrogens with zero attached hydrogens (tertiary/aromatic N) is 2. The average molecular weight is 169 g/mol. The molecule has 0 aliphatic heterocycles. The third-order valence-corrected chi connectivity index (χ3v) is 1.69. The summed E-state index contributed by atoms with van der Waals surface area (Å²) >= 11 is 0. The fraction of sp³-hybridized carbons (Fsp3) is 0.625. The van der Waals surface area contributed by atoms with E-state index in [0.29, 0.717) is 11.7 Å². The second kappa shape index (κ2) is 4.11. The molecule has 0 unspecified atom stereocenters. The molecular weight excluding hydrogens is 154 g/mol. The Morgan fingerprint density at radius 2 is 2.42 bits per heavy atom. The number of aryl methyl sites for hydroxylation is 1. The predicted molar refractivity (Wildman–Crippen MR) is 47.1 cm³/mol. The number of hydrogen-bond acceptors (Lipinski definition) is 3. The van der Waals surface area contributed by atoms with Gasteiger partial charge in [0, 0.05) is 18.8 Å². The molecule has 0 saturated heterocycles. The highest BCUT2D eigenvalue weighted by atomic mass is 16.5. The Hall–Kier alpha value is -1.03. The molecular formula is C8H15N3O. The largest absolute Gasteiger partial charge is 0.290 e. The first-order chi connectivity index (χ1) is 5.72. The molecule has 0 spiro atoms. The minimum absolute atomic E-state index is 0.499. The second-order valence-electron chi connectivity index (χ2n) is 3.26. The van der Waals surface area contributed by atoms with Crippen LogP contribution in [0.25, 0.3) is 0 Å². The third kappa shape index (κ3) is 2.54. The molecule has 4 nitrogen and oxygen atoms in total. The Labute approximate surface area is 72.2 Å². The van der Waals surface area contributed by atoms with Gasteiger partial charge < -0.3 is 0 Å². The van der Waals surface area contributed by atoms with Crippen LogP contribution in [0.5, 0.6) is 0 Å². The zero-order chi connectivity index (χ0) is 8.97. The van der Waals surface area contributed by atoms with Crippen LogP contribution in [-0.2, 0) is 6.54 Å². The lowest BCUT2D eigenvalue weighted by atomic mass is 10.1. The maximum absolute atomic E-state index is 8.50. The molecule has 0 amide bonds. The molecule has 0 aliphatic rings. The van der Waals surface area contributed by atoms with Gasteiger partial charge in [0.2, 0.25) is 0 Å². The van der Waals surface area contributed by atoms with E-state index in [1.165, 1.54) is 0 Å². The van der Waals surface area contributed by atoms with Crippen molar-refractivity contribution in [2.24, 2.45) is 5.92 Å². The smallest absolute Gasteiger partial charge is 0.171 e. The minimum atomic E-state index is 0.499. The van der Waals surface area contributed by atoms with Crippen molar-refractivity contribution in [2.45, 2.75) is 26.8 Å². The fourth-order valence-corrected chi connectivity index (χ4v) is 0.936. The monoisotopic (exact) mass is 169 g/mol. The quantitative estimate of drug-likeness (QED) is 0.675. The number of nitrogens with one attached hydrogen (secondary N) is 1. The summed E-state index contributed by atoms with van der Waals surface area (Å²) in [6, 6.07) is 1.74. The van der Waals surface area contributed by atoms with E-state index in [4.69, 9.17) is 5.21 Å². The van der Waals surface area contributed by atoms with Crippen LogP contribution in [0.4, 0.5) is 5.82 Å².